The Balaban J connectivity index is 1.78. The van der Waals surface area contributed by atoms with Crippen LogP contribution in [-0.2, 0) is 20.8 Å². The maximum absolute atomic E-state index is 12.0. The number of nitrogens with zero attached hydrogens (tertiary/aromatic N) is 2. The lowest BCUT2D eigenvalue weighted by atomic mass is 10.1. The number of nitrogens with one attached hydrogen (secondary N) is 1. The summed E-state index contributed by atoms with van der Waals surface area (Å²) in [6, 6.07) is 7.56. The largest absolute Gasteiger partial charge is 0.496 e. The number of amides is 3. The van der Waals surface area contributed by atoms with Gasteiger partial charge in [-0.05, 0) is 18.1 Å². The van der Waals surface area contributed by atoms with E-state index in [4.69, 9.17) is 4.74 Å². The van der Waals surface area contributed by atoms with E-state index in [1.165, 1.54) is 4.90 Å². The summed E-state index contributed by atoms with van der Waals surface area (Å²) < 4.78 is 5.25. The minimum absolute atomic E-state index is 0.360. The summed E-state index contributed by atoms with van der Waals surface area (Å²) >= 11 is 0. The van der Waals surface area contributed by atoms with Crippen LogP contribution in [0.15, 0.2) is 24.3 Å². The third-order valence-electron chi connectivity index (χ3n) is 3.82. The van der Waals surface area contributed by atoms with Crippen molar-refractivity contribution < 1.29 is 19.1 Å². The molecule has 1 aliphatic rings. The number of carbonyl (C=O) groups excluding carboxylic acids is 3. The van der Waals surface area contributed by atoms with Crippen LogP contribution < -0.4 is 10.1 Å². The van der Waals surface area contributed by atoms with Gasteiger partial charge >= 0.3 is 11.8 Å². The standard InChI is InChI=1S/C16H21N3O4/c1-23-14-5-3-2-4-13(14)6-7-17-15(21)16(22)19-10-8-18(12-20)9-11-19/h2-5,12H,6-11H2,1H3,(H,17,21). The first-order chi connectivity index (χ1) is 11.2. The molecule has 23 heavy (non-hydrogen) atoms. The van der Waals surface area contributed by atoms with Crippen molar-refractivity contribution in [1.82, 2.24) is 15.1 Å². The molecule has 1 fully saturated rings. The molecule has 7 heteroatoms. The van der Waals surface area contributed by atoms with Gasteiger partial charge in [0.15, 0.2) is 0 Å². The van der Waals surface area contributed by atoms with Gasteiger partial charge in [-0.25, -0.2) is 0 Å². The maximum Gasteiger partial charge on any atom is 0.312 e. The number of hydrogen-bond acceptors (Lipinski definition) is 4. The van der Waals surface area contributed by atoms with Crippen molar-refractivity contribution in [3.8, 4) is 5.75 Å². The monoisotopic (exact) mass is 319 g/mol. The van der Waals surface area contributed by atoms with Crippen molar-refractivity contribution in [2.45, 2.75) is 6.42 Å². The number of carbonyl (C=O) groups is 3. The van der Waals surface area contributed by atoms with Crippen LogP contribution in [0.1, 0.15) is 5.56 Å². The second kappa shape index (κ2) is 8.17. The van der Waals surface area contributed by atoms with Crippen molar-refractivity contribution in [2.75, 3.05) is 39.8 Å². The Morgan fingerprint density at radius 2 is 1.91 bits per heavy atom. The SMILES string of the molecule is COc1ccccc1CCNC(=O)C(=O)N1CCN(C=O)CC1. The Morgan fingerprint density at radius 1 is 1.22 bits per heavy atom. The zero-order valence-electron chi connectivity index (χ0n) is 13.2. The molecule has 1 aromatic rings. The molecule has 1 heterocycles. The summed E-state index contributed by atoms with van der Waals surface area (Å²) in [5.74, 6) is -0.395. The molecule has 1 aliphatic heterocycles. The van der Waals surface area contributed by atoms with E-state index in [1.807, 2.05) is 24.3 Å². The number of rotatable bonds is 5. The second-order valence-corrected chi connectivity index (χ2v) is 5.25. The van der Waals surface area contributed by atoms with Crippen molar-refractivity contribution in [2.24, 2.45) is 0 Å². The second-order valence-electron chi connectivity index (χ2n) is 5.25. The molecule has 0 saturated carbocycles. The molecule has 0 aliphatic carbocycles. The van der Waals surface area contributed by atoms with Gasteiger partial charge in [-0.2, -0.15) is 0 Å². The number of benzene rings is 1. The van der Waals surface area contributed by atoms with E-state index in [-0.39, 0.29) is 0 Å². The van der Waals surface area contributed by atoms with Crippen molar-refractivity contribution >= 4 is 18.2 Å². The number of ether oxygens (including phenoxy) is 1. The van der Waals surface area contributed by atoms with E-state index < -0.39 is 11.8 Å². The average Bonchev–Trinajstić information content (AvgIpc) is 2.61. The van der Waals surface area contributed by atoms with Crippen molar-refractivity contribution in [3.05, 3.63) is 29.8 Å². The fraction of sp³-hybridized carbons (Fsp3) is 0.438. The average molecular weight is 319 g/mol. The summed E-state index contributed by atoms with van der Waals surface area (Å²) in [7, 11) is 1.60. The van der Waals surface area contributed by atoms with E-state index in [2.05, 4.69) is 5.32 Å². The lowest BCUT2D eigenvalue weighted by Crippen LogP contribution is -2.52. The number of piperazine rings is 1. The Kier molecular flexibility index (Phi) is 5.96. The van der Waals surface area contributed by atoms with Crippen LogP contribution in [0.2, 0.25) is 0 Å². The van der Waals surface area contributed by atoms with Gasteiger partial charge in [0.1, 0.15) is 5.75 Å². The topological polar surface area (TPSA) is 79.0 Å². The van der Waals surface area contributed by atoms with E-state index in [9.17, 15) is 14.4 Å². The Hall–Kier alpha value is -2.57. The molecule has 0 radical (unpaired) electrons. The van der Waals surface area contributed by atoms with Gasteiger partial charge in [-0.3, -0.25) is 14.4 Å². The fourth-order valence-electron chi connectivity index (χ4n) is 2.47. The van der Waals surface area contributed by atoms with Gasteiger partial charge in [0.05, 0.1) is 7.11 Å². The maximum atomic E-state index is 12.0. The predicted molar refractivity (Wildman–Crippen MR) is 83.9 cm³/mol. The Bertz CT molecular complexity index is 568. The van der Waals surface area contributed by atoms with Crippen LogP contribution >= 0.6 is 0 Å². The highest BCUT2D eigenvalue weighted by Gasteiger charge is 2.25. The van der Waals surface area contributed by atoms with Crippen molar-refractivity contribution in [1.29, 1.82) is 0 Å². The van der Waals surface area contributed by atoms with E-state index in [1.54, 1.807) is 12.0 Å². The summed E-state index contributed by atoms with van der Waals surface area (Å²) in [4.78, 5) is 37.7. The van der Waals surface area contributed by atoms with Crippen LogP contribution in [-0.4, -0.2) is 67.9 Å². The first kappa shape index (κ1) is 16.8. The molecule has 2 rings (SSSR count). The third-order valence-corrected chi connectivity index (χ3v) is 3.82. The predicted octanol–water partition coefficient (Wildman–Crippen LogP) is -0.345. The molecule has 7 nitrogen and oxygen atoms in total. The highest BCUT2D eigenvalue weighted by Crippen LogP contribution is 2.17. The lowest BCUT2D eigenvalue weighted by molar-refractivity contribution is -0.147. The van der Waals surface area contributed by atoms with Gasteiger partial charge in [0.25, 0.3) is 0 Å². The van der Waals surface area contributed by atoms with Gasteiger partial charge < -0.3 is 19.9 Å². The van der Waals surface area contributed by atoms with E-state index in [0.29, 0.717) is 39.1 Å². The Labute approximate surface area is 135 Å². The first-order valence-electron chi connectivity index (χ1n) is 7.54. The molecule has 0 aromatic heterocycles. The molecular weight excluding hydrogens is 298 g/mol. The van der Waals surface area contributed by atoms with Gasteiger partial charge in [0.2, 0.25) is 6.41 Å². The minimum atomic E-state index is -0.612. The molecule has 0 atom stereocenters. The molecular formula is C16H21N3O4. The van der Waals surface area contributed by atoms with Gasteiger partial charge in [0, 0.05) is 32.7 Å². The summed E-state index contributed by atoms with van der Waals surface area (Å²) in [5.41, 5.74) is 0.974. The first-order valence-corrected chi connectivity index (χ1v) is 7.54. The van der Waals surface area contributed by atoms with Gasteiger partial charge in [-0.1, -0.05) is 18.2 Å². The Morgan fingerprint density at radius 3 is 2.57 bits per heavy atom. The smallest absolute Gasteiger partial charge is 0.312 e. The van der Waals surface area contributed by atoms with E-state index in [0.717, 1.165) is 17.7 Å². The van der Waals surface area contributed by atoms with Crippen LogP contribution in [0.3, 0.4) is 0 Å². The summed E-state index contributed by atoms with van der Waals surface area (Å²) in [5, 5.41) is 2.64. The van der Waals surface area contributed by atoms with E-state index >= 15 is 0 Å². The molecule has 0 spiro atoms. The summed E-state index contributed by atoms with van der Waals surface area (Å²) in [6.45, 7) is 2.06. The molecule has 3 amide bonds. The van der Waals surface area contributed by atoms with Gasteiger partial charge in [-0.15, -0.1) is 0 Å². The number of para-hydroxylation sites is 1. The molecule has 1 saturated heterocycles. The normalized spacial score (nSPS) is 14.3. The molecule has 0 unspecified atom stereocenters. The lowest BCUT2D eigenvalue weighted by Gasteiger charge is -2.31. The third kappa shape index (κ3) is 4.45. The number of hydrogen-bond donors (Lipinski definition) is 1. The zero-order valence-corrected chi connectivity index (χ0v) is 13.2. The van der Waals surface area contributed by atoms with Crippen LogP contribution in [0.4, 0.5) is 0 Å². The van der Waals surface area contributed by atoms with Crippen molar-refractivity contribution in [3.63, 3.8) is 0 Å². The minimum Gasteiger partial charge on any atom is -0.496 e. The molecule has 1 N–H and O–H groups in total. The molecule has 124 valence electrons. The quantitative estimate of drug-likeness (QED) is 0.595. The highest BCUT2D eigenvalue weighted by atomic mass is 16.5. The van der Waals surface area contributed by atoms with Crippen LogP contribution in [0, 0.1) is 0 Å². The zero-order chi connectivity index (χ0) is 16.7. The fourth-order valence-corrected chi connectivity index (χ4v) is 2.47. The van der Waals surface area contributed by atoms with Crippen LogP contribution in [0.5, 0.6) is 5.75 Å². The molecule has 1 aromatic carbocycles. The highest BCUT2D eigenvalue weighted by molar-refractivity contribution is 6.35. The molecule has 0 bridgehead atoms. The van der Waals surface area contributed by atoms with Crippen LogP contribution in [0.25, 0.3) is 0 Å². The summed E-state index contributed by atoms with van der Waals surface area (Å²) in [6.07, 6.45) is 1.34. The number of methoxy groups -OCH3 is 1.